The van der Waals surface area contributed by atoms with E-state index in [0.717, 1.165) is 21.5 Å². The van der Waals surface area contributed by atoms with Crippen LogP contribution >= 0.6 is 7.05 Å². The Balaban J connectivity index is 1.94. The molecule has 0 fully saturated rings. The molecule has 5 rings (SSSR count). The second-order valence-electron chi connectivity index (χ2n) is 7.98. The van der Waals surface area contributed by atoms with Gasteiger partial charge >= 0.3 is 5.97 Å². The Hall–Kier alpha value is -4.01. The van der Waals surface area contributed by atoms with Crippen molar-refractivity contribution in [3.05, 3.63) is 127 Å². The smallest absolute Gasteiger partial charge is 0.342 e. The second kappa shape index (κ2) is 10.1. The molecule has 35 heavy (non-hydrogen) atoms. The first-order valence-corrected chi connectivity index (χ1v) is 13.3. The molecular formula is C30H25N2O2P. The van der Waals surface area contributed by atoms with E-state index in [1.165, 1.54) is 0 Å². The molecule has 0 radical (unpaired) electrons. The topological polar surface area (TPSA) is 51.5 Å². The molecule has 0 aromatic heterocycles. The quantitative estimate of drug-likeness (QED) is 0.217. The van der Waals surface area contributed by atoms with Gasteiger partial charge in [-0.1, -0.05) is 115 Å². The van der Waals surface area contributed by atoms with Gasteiger partial charge in [-0.05, 0) is 13.0 Å². The molecule has 0 unspecified atom stereocenters. The van der Waals surface area contributed by atoms with Crippen LogP contribution in [0.1, 0.15) is 17.3 Å². The monoisotopic (exact) mass is 476 g/mol. The summed E-state index contributed by atoms with van der Waals surface area (Å²) in [5.74, 6) is 0.00165. The van der Waals surface area contributed by atoms with Crippen LogP contribution < -0.4 is 15.9 Å². The van der Waals surface area contributed by atoms with Crippen LogP contribution in [0.25, 0.3) is 11.3 Å². The van der Waals surface area contributed by atoms with E-state index in [9.17, 15) is 4.79 Å². The molecule has 172 valence electrons. The fraction of sp³-hybridized carbons (Fsp3) is 0.0667. The minimum absolute atomic E-state index is 0.278. The van der Waals surface area contributed by atoms with Crippen LogP contribution in [0.4, 0.5) is 5.82 Å². The molecule has 0 bridgehead atoms. The van der Waals surface area contributed by atoms with Crippen LogP contribution in [-0.4, -0.2) is 17.6 Å². The zero-order chi connectivity index (χ0) is 24.1. The minimum Gasteiger partial charge on any atom is -0.462 e. The first-order chi connectivity index (χ1) is 17.2. The third-order valence-corrected chi connectivity index (χ3v) is 9.47. The SMILES string of the molecule is CCOC(=O)c1c2cccccc-2nc1N=P(c1ccccc1)(c1ccccc1)c1ccccc1. The number of hydrogen-bond donors (Lipinski definition) is 0. The third kappa shape index (κ3) is 4.29. The average Bonchev–Trinajstić information content (AvgIpc) is 3.09. The van der Waals surface area contributed by atoms with Gasteiger partial charge in [0.2, 0.25) is 0 Å². The lowest BCUT2D eigenvalue weighted by Crippen LogP contribution is -2.25. The van der Waals surface area contributed by atoms with Gasteiger partial charge in [-0.3, -0.25) is 0 Å². The zero-order valence-corrected chi connectivity index (χ0v) is 20.3. The maximum atomic E-state index is 13.2. The number of benzene rings is 3. The van der Waals surface area contributed by atoms with Crippen molar-refractivity contribution in [2.45, 2.75) is 6.92 Å². The highest BCUT2D eigenvalue weighted by Crippen LogP contribution is 2.50. The Morgan fingerprint density at radius 3 is 1.66 bits per heavy atom. The fourth-order valence-corrected chi connectivity index (χ4v) is 7.79. The van der Waals surface area contributed by atoms with E-state index in [1.807, 2.05) is 91.9 Å². The molecule has 3 aromatic rings. The van der Waals surface area contributed by atoms with E-state index in [2.05, 4.69) is 36.4 Å². The van der Waals surface area contributed by atoms with Crippen LogP contribution in [-0.2, 0) is 4.74 Å². The predicted molar refractivity (Wildman–Crippen MR) is 144 cm³/mol. The maximum Gasteiger partial charge on any atom is 0.342 e. The van der Waals surface area contributed by atoms with Crippen molar-refractivity contribution in [2.24, 2.45) is 4.74 Å². The van der Waals surface area contributed by atoms with Crippen molar-refractivity contribution in [3.8, 4) is 11.3 Å². The summed E-state index contributed by atoms with van der Waals surface area (Å²) in [7, 11) is -2.58. The fourth-order valence-electron chi connectivity index (χ4n) is 4.31. The Morgan fingerprint density at radius 1 is 0.714 bits per heavy atom. The summed E-state index contributed by atoms with van der Waals surface area (Å²) in [6.07, 6.45) is 0. The maximum absolute atomic E-state index is 13.2. The van der Waals surface area contributed by atoms with Gasteiger partial charge in [-0.25, -0.2) is 14.5 Å². The molecule has 3 aromatic carbocycles. The van der Waals surface area contributed by atoms with Crippen molar-refractivity contribution in [3.63, 3.8) is 0 Å². The molecule has 0 saturated carbocycles. The number of hydrogen-bond acceptors (Lipinski definition) is 4. The lowest BCUT2D eigenvalue weighted by molar-refractivity contribution is 0.0528. The highest BCUT2D eigenvalue weighted by Gasteiger charge is 2.31. The van der Waals surface area contributed by atoms with Gasteiger partial charge in [0.25, 0.3) is 0 Å². The van der Waals surface area contributed by atoms with Gasteiger partial charge in [-0.2, -0.15) is 0 Å². The van der Waals surface area contributed by atoms with E-state index in [0.29, 0.717) is 17.1 Å². The van der Waals surface area contributed by atoms with E-state index < -0.39 is 13.0 Å². The van der Waals surface area contributed by atoms with Crippen molar-refractivity contribution in [2.75, 3.05) is 6.61 Å². The van der Waals surface area contributed by atoms with Crippen molar-refractivity contribution >= 4 is 34.8 Å². The van der Waals surface area contributed by atoms with E-state index in [-0.39, 0.29) is 6.61 Å². The average molecular weight is 477 g/mol. The first-order valence-electron chi connectivity index (χ1n) is 11.6. The minimum atomic E-state index is -2.58. The summed E-state index contributed by atoms with van der Waals surface area (Å²) in [6, 6.07) is 40.5. The van der Waals surface area contributed by atoms with Gasteiger partial charge in [-0.15, -0.1) is 0 Å². The van der Waals surface area contributed by atoms with Crippen LogP contribution in [0.15, 0.2) is 126 Å². The number of ether oxygens (including phenoxy) is 1. The van der Waals surface area contributed by atoms with Gasteiger partial charge in [0.15, 0.2) is 5.82 Å². The first kappa shape index (κ1) is 22.8. The number of carbonyl (C=O) groups is 1. The van der Waals surface area contributed by atoms with Gasteiger partial charge in [0.1, 0.15) is 5.56 Å². The molecular weight excluding hydrogens is 451 g/mol. The van der Waals surface area contributed by atoms with Crippen molar-refractivity contribution in [1.29, 1.82) is 0 Å². The molecule has 0 spiro atoms. The molecule has 0 N–H and O–H groups in total. The van der Waals surface area contributed by atoms with Crippen molar-refractivity contribution in [1.82, 2.24) is 4.98 Å². The molecule has 1 aliphatic heterocycles. The van der Waals surface area contributed by atoms with Crippen molar-refractivity contribution < 1.29 is 9.53 Å². The van der Waals surface area contributed by atoms with E-state index in [1.54, 1.807) is 0 Å². The van der Waals surface area contributed by atoms with Gasteiger partial charge < -0.3 is 4.74 Å². The number of fused-ring (bicyclic) bond motifs is 1. The largest absolute Gasteiger partial charge is 0.462 e. The van der Waals surface area contributed by atoms with Gasteiger partial charge in [0.05, 0.1) is 19.4 Å². The predicted octanol–water partition coefficient (Wildman–Crippen LogP) is 6.17. The Morgan fingerprint density at radius 2 is 1.17 bits per heavy atom. The normalized spacial score (nSPS) is 11.2. The highest BCUT2D eigenvalue weighted by atomic mass is 31.2. The number of carbonyl (C=O) groups excluding carboxylic acids is 1. The molecule has 1 heterocycles. The Kier molecular flexibility index (Phi) is 6.56. The number of esters is 1. The summed E-state index contributed by atoms with van der Waals surface area (Å²) in [5, 5.41) is 3.26. The van der Waals surface area contributed by atoms with Crippen LogP contribution in [0.5, 0.6) is 0 Å². The summed E-state index contributed by atoms with van der Waals surface area (Å²) >= 11 is 0. The third-order valence-electron chi connectivity index (χ3n) is 5.85. The summed E-state index contributed by atoms with van der Waals surface area (Å²) in [6.45, 7) is 2.09. The highest BCUT2D eigenvalue weighted by molar-refractivity contribution is 7.87. The van der Waals surface area contributed by atoms with Gasteiger partial charge in [0, 0.05) is 21.5 Å². The zero-order valence-electron chi connectivity index (χ0n) is 19.4. The van der Waals surface area contributed by atoms with E-state index >= 15 is 0 Å². The number of rotatable bonds is 6. The number of nitrogens with zero attached hydrogens (tertiary/aromatic N) is 2. The van der Waals surface area contributed by atoms with Crippen LogP contribution in [0, 0.1) is 0 Å². The van der Waals surface area contributed by atoms with Crippen LogP contribution in [0.3, 0.4) is 0 Å². The molecule has 1 aliphatic carbocycles. The molecule has 2 aliphatic rings. The van der Waals surface area contributed by atoms with E-state index in [4.69, 9.17) is 14.5 Å². The Bertz CT molecular complexity index is 1370. The second-order valence-corrected chi connectivity index (χ2v) is 11.0. The number of aromatic nitrogens is 1. The summed E-state index contributed by atoms with van der Waals surface area (Å²) in [4.78, 5) is 18.1. The lowest BCUT2D eigenvalue weighted by atomic mass is 10.1. The molecule has 0 saturated heterocycles. The molecule has 5 heteroatoms. The lowest BCUT2D eigenvalue weighted by Gasteiger charge is -2.26. The standard InChI is InChI=1S/C30H25N2O2P/c1-2-34-30(33)28-26-21-13-6-14-22-27(26)31-29(28)32-35(23-15-7-3-8-16-23,24-17-9-4-10-18-24)25-19-11-5-12-20-25/h3-22H,2H2,1H3. The molecule has 0 atom stereocenters. The molecule has 0 amide bonds. The Labute approximate surface area is 205 Å². The van der Waals surface area contributed by atoms with Crippen LogP contribution in [0.2, 0.25) is 0 Å². The summed E-state index contributed by atoms with van der Waals surface area (Å²) < 4.78 is 10.9. The molecule has 4 nitrogen and oxygen atoms in total. The summed E-state index contributed by atoms with van der Waals surface area (Å²) in [5.41, 5.74) is 1.86.